The van der Waals surface area contributed by atoms with Gasteiger partial charge in [0.1, 0.15) is 9.84 Å². The lowest BCUT2D eigenvalue weighted by molar-refractivity contribution is 0.562. The largest absolute Gasteiger partial charge is 0.252 e. The number of hydrogen-bond donors (Lipinski definition) is 0. The van der Waals surface area contributed by atoms with Crippen LogP contribution < -0.4 is 0 Å². The number of aryl methyl sites for hydroxylation is 1. The lowest BCUT2D eigenvalue weighted by atomic mass is 10.3. The molecule has 0 radical (unpaired) electrons. The summed E-state index contributed by atoms with van der Waals surface area (Å²) >= 11 is 3.50. The molecule has 1 aromatic rings. The van der Waals surface area contributed by atoms with E-state index >= 15 is 0 Å². The van der Waals surface area contributed by atoms with Crippen molar-refractivity contribution in [2.75, 3.05) is 11.5 Å². The number of aromatic nitrogens is 3. The first-order valence-electron chi connectivity index (χ1n) is 5.73. The van der Waals surface area contributed by atoms with Crippen molar-refractivity contribution in [3.05, 3.63) is 11.9 Å². The van der Waals surface area contributed by atoms with Crippen LogP contribution in [0.4, 0.5) is 0 Å². The Morgan fingerprint density at radius 3 is 2.76 bits per heavy atom. The Balaban J connectivity index is 2.45. The van der Waals surface area contributed by atoms with Crippen molar-refractivity contribution in [3.63, 3.8) is 0 Å². The maximum atomic E-state index is 11.3. The number of halogens is 1. The van der Waals surface area contributed by atoms with Gasteiger partial charge < -0.3 is 0 Å². The van der Waals surface area contributed by atoms with Crippen LogP contribution >= 0.6 is 15.9 Å². The van der Waals surface area contributed by atoms with Crippen LogP contribution in [0.2, 0.25) is 0 Å². The van der Waals surface area contributed by atoms with E-state index in [1.807, 2.05) is 6.20 Å². The number of alkyl halides is 1. The van der Waals surface area contributed by atoms with Gasteiger partial charge in [0.25, 0.3) is 0 Å². The SMILES string of the molecule is CCC(Br)c1cn(CCCS(=O)(=O)CC)nn1. The molecule has 1 unspecified atom stereocenters. The predicted octanol–water partition coefficient (Wildman–Crippen LogP) is 1.95. The molecular formula is C10H18BrN3O2S. The van der Waals surface area contributed by atoms with Gasteiger partial charge in [0.15, 0.2) is 0 Å². The average Bonchev–Trinajstić information content (AvgIpc) is 2.76. The zero-order chi connectivity index (χ0) is 12.9. The summed E-state index contributed by atoms with van der Waals surface area (Å²) in [4.78, 5) is 0.218. The highest BCUT2D eigenvalue weighted by atomic mass is 79.9. The third kappa shape index (κ3) is 4.75. The van der Waals surface area contributed by atoms with Gasteiger partial charge in [-0.2, -0.15) is 0 Å². The molecular weight excluding hydrogens is 306 g/mol. The number of rotatable bonds is 7. The normalized spacial score (nSPS) is 13.8. The summed E-state index contributed by atoms with van der Waals surface area (Å²) in [6.45, 7) is 4.32. The molecule has 1 aromatic heterocycles. The van der Waals surface area contributed by atoms with E-state index in [1.54, 1.807) is 11.6 Å². The standard InChI is InChI=1S/C10H18BrN3O2S/c1-3-9(11)10-8-14(13-12-10)6-5-7-17(15,16)4-2/h8-9H,3-7H2,1-2H3. The first-order valence-corrected chi connectivity index (χ1v) is 8.46. The van der Waals surface area contributed by atoms with Gasteiger partial charge in [0.2, 0.25) is 0 Å². The van der Waals surface area contributed by atoms with E-state index in [9.17, 15) is 8.42 Å². The van der Waals surface area contributed by atoms with E-state index in [2.05, 4.69) is 33.2 Å². The highest BCUT2D eigenvalue weighted by Gasteiger charge is 2.10. The lowest BCUT2D eigenvalue weighted by Gasteiger charge is -2.01. The van der Waals surface area contributed by atoms with Crippen LogP contribution in [0.15, 0.2) is 6.20 Å². The average molecular weight is 324 g/mol. The van der Waals surface area contributed by atoms with Gasteiger partial charge in [-0.05, 0) is 12.8 Å². The van der Waals surface area contributed by atoms with E-state index in [4.69, 9.17) is 0 Å². The lowest BCUT2D eigenvalue weighted by Crippen LogP contribution is -2.11. The molecule has 0 aliphatic carbocycles. The molecule has 0 bridgehead atoms. The second-order valence-corrected chi connectivity index (χ2v) is 7.45. The molecule has 0 aliphatic rings. The first-order chi connectivity index (χ1) is 7.98. The minimum absolute atomic E-state index is 0.203. The van der Waals surface area contributed by atoms with Crippen LogP contribution in [-0.4, -0.2) is 34.9 Å². The Morgan fingerprint density at radius 1 is 1.47 bits per heavy atom. The Morgan fingerprint density at radius 2 is 2.18 bits per heavy atom. The topological polar surface area (TPSA) is 64.8 Å². The molecule has 7 heteroatoms. The summed E-state index contributed by atoms with van der Waals surface area (Å²) in [6.07, 6.45) is 3.39. The smallest absolute Gasteiger partial charge is 0.150 e. The second-order valence-electron chi connectivity index (χ2n) is 3.87. The molecule has 0 saturated carbocycles. The van der Waals surface area contributed by atoms with Crippen LogP contribution in [-0.2, 0) is 16.4 Å². The van der Waals surface area contributed by atoms with Gasteiger partial charge in [-0.25, -0.2) is 8.42 Å². The van der Waals surface area contributed by atoms with Gasteiger partial charge in [0.05, 0.1) is 16.3 Å². The van der Waals surface area contributed by atoms with Crippen LogP contribution in [0, 0.1) is 0 Å². The van der Waals surface area contributed by atoms with Crippen molar-refractivity contribution in [3.8, 4) is 0 Å². The molecule has 0 aliphatic heterocycles. The third-order valence-electron chi connectivity index (χ3n) is 2.52. The minimum Gasteiger partial charge on any atom is -0.252 e. The predicted molar refractivity (Wildman–Crippen MR) is 70.9 cm³/mol. The molecule has 17 heavy (non-hydrogen) atoms. The molecule has 0 N–H and O–H groups in total. The third-order valence-corrected chi connectivity index (χ3v) is 5.43. The molecule has 1 atom stereocenters. The Kier molecular flexibility index (Phi) is 5.58. The molecule has 0 fully saturated rings. The van der Waals surface area contributed by atoms with Crippen LogP contribution in [0.3, 0.4) is 0 Å². The zero-order valence-corrected chi connectivity index (χ0v) is 12.5. The van der Waals surface area contributed by atoms with E-state index in [0.29, 0.717) is 13.0 Å². The van der Waals surface area contributed by atoms with Gasteiger partial charge >= 0.3 is 0 Å². The summed E-state index contributed by atoms with van der Waals surface area (Å²) in [5.41, 5.74) is 0.894. The van der Waals surface area contributed by atoms with E-state index < -0.39 is 9.84 Å². The highest BCUT2D eigenvalue weighted by Crippen LogP contribution is 2.23. The Bertz CT molecular complexity index is 444. The molecule has 0 aromatic carbocycles. The fourth-order valence-electron chi connectivity index (χ4n) is 1.37. The molecule has 0 amide bonds. The number of nitrogens with zero attached hydrogens (tertiary/aromatic N) is 3. The van der Waals surface area contributed by atoms with Gasteiger partial charge in [0, 0.05) is 18.5 Å². The maximum Gasteiger partial charge on any atom is 0.150 e. The fraction of sp³-hybridized carbons (Fsp3) is 0.800. The van der Waals surface area contributed by atoms with Gasteiger partial charge in [-0.3, -0.25) is 4.68 Å². The second kappa shape index (κ2) is 6.49. The molecule has 98 valence electrons. The van der Waals surface area contributed by atoms with Crippen LogP contribution in [0.5, 0.6) is 0 Å². The molecule has 1 heterocycles. The zero-order valence-electron chi connectivity index (χ0n) is 10.1. The summed E-state index contributed by atoms with van der Waals surface area (Å²) in [5, 5.41) is 8.01. The van der Waals surface area contributed by atoms with E-state index in [0.717, 1.165) is 12.1 Å². The molecule has 0 spiro atoms. The molecule has 5 nitrogen and oxygen atoms in total. The monoisotopic (exact) mass is 323 g/mol. The summed E-state index contributed by atoms with van der Waals surface area (Å²) < 4.78 is 24.3. The van der Waals surface area contributed by atoms with Crippen molar-refractivity contribution >= 4 is 25.8 Å². The van der Waals surface area contributed by atoms with E-state index in [-0.39, 0.29) is 16.3 Å². The maximum absolute atomic E-state index is 11.3. The van der Waals surface area contributed by atoms with Crippen molar-refractivity contribution in [1.29, 1.82) is 0 Å². The van der Waals surface area contributed by atoms with Gasteiger partial charge in [-0.1, -0.05) is 35.0 Å². The van der Waals surface area contributed by atoms with E-state index in [1.165, 1.54) is 0 Å². The Hall–Kier alpha value is -0.430. The summed E-state index contributed by atoms with van der Waals surface area (Å²) in [6, 6.07) is 0. The van der Waals surface area contributed by atoms with Gasteiger partial charge in [-0.15, -0.1) is 5.10 Å². The molecule has 0 saturated heterocycles. The van der Waals surface area contributed by atoms with Crippen molar-refractivity contribution in [2.45, 2.75) is 38.1 Å². The fourth-order valence-corrected chi connectivity index (χ4v) is 2.43. The van der Waals surface area contributed by atoms with Crippen LogP contribution in [0.25, 0.3) is 0 Å². The highest BCUT2D eigenvalue weighted by molar-refractivity contribution is 9.09. The first kappa shape index (κ1) is 14.6. The van der Waals surface area contributed by atoms with Crippen molar-refractivity contribution in [1.82, 2.24) is 15.0 Å². The molecule has 1 rings (SSSR count). The summed E-state index contributed by atoms with van der Waals surface area (Å²) in [7, 11) is -2.87. The van der Waals surface area contributed by atoms with Crippen molar-refractivity contribution < 1.29 is 8.42 Å². The van der Waals surface area contributed by atoms with Crippen LogP contribution in [0.1, 0.15) is 37.2 Å². The quantitative estimate of drug-likeness (QED) is 0.719. The number of sulfone groups is 1. The summed E-state index contributed by atoms with van der Waals surface area (Å²) in [5.74, 6) is 0.416. The Labute approximate surface area is 111 Å². The number of hydrogen-bond acceptors (Lipinski definition) is 4. The van der Waals surface area contributed by atoms with Crippen molar-refractivity contribution in [2.24, 2.45) is 0 Å². The minimum atomic E-state index is -2.87.